The summed E-state index contributed by atoms with van der Waals surface area (Å²) in [7, 11) is 1.57. The first-order chi connectivity index (χ1) is 16.6. The van der Waals surface area contributed by atoms with Gasteiger partial charge in [0.2, 0.25) is 11.8 Å². The molecule has 1 N–H and O–H groups in total. The van der Waals surface area contributed by atoms with Crippen molar-refractivity contribution in [1.29, 1.82) is 0 Å². The van der Waals surface area contributed by atoms with Gasteiger partial charge in [-0.1, -0.05) is 48.2 Å². The van der Waals surface area contributed by atoms with Gasteiger partial charge in [0, 0.05) is 24.2 Å². The second-order valence-corrected chi connectivity index (χ2v) is 9.11. The van der Waals surface area contributed by atoms with Crippen LogP contribution in [0.2, 0.25) is 0 Å². The van der Waals surface area contributed by atoms with E-state index in [9.17, 15) is 9.59 Å². The lowest BCUT2D eigenvalue weighted by Crippen LogP contribution is -2.38. The van der Waals surface area contributed by atoms with Crippen LogP contribution < -0.4 is 10.1 Å². The molecule has 0 aliphatic heterocycles. The first-order valence-electron chi connectivity index (χ1n) is 11.4. The number of carbonyl (C=O) groups is 2. The Bertz CT molecular complexity index is 1130. The Balaban J connectivity index is 1.36. The molecule has 1 aliphatic rings. The lowest BCUT2D eigenvalue weighted by Gasteiger charge is -2.20. The molecule has 3 aromatic rings. The lowest BCUT2D eigenvalue weighted by molar-refractivity contribution is -0.132. The second-order valence-electron chi connectivity index (χ2n) is 8.16. The van der Waals surface area contributed by atoms with E-state index in [2.05, 4.69) is 32.2 Å². The highest BCUT2D eigenvalue weighted by Crippen LogP contribution is 2.40. The van der Waals surface area contributed by atoms with Crippen LogP contribution in [-0.2, 0) is 16.1 Å². The van der Waals surface area contributed by atoms with Crippen LogP contribution in [0.3, 0.4) is 0 Å². The average Bonchev–Trinajstić information content (AvgIpc) is 3.63. The molecule has 1 saturated carbocycles. The number of benzene rings is 2. The zero-order valence-electron chi connectivity index (χ0n) is 19.4. The first kappa shape index (κ1) is 23.8. The zero-order valence-corrected chi connectivity index (χ0v) is 20.3. The van der Waals surface area contributed by atoms with E-state index in [1.807, 2.05) is 25.1 Å². The standard InChI is InChI=1S/C25H29N5O3S/c1-3-29(16-22(31)26-20-10-7-11-21(14-20)33-2)23(32)17-34-25-28-27-24(19-12-13-19)30(25)15-18-8-5-4-6-9-18/h4-11,14,19H,3,12-13,15-17H2,1-2H3,(H,26,31). The normalized spacial score (nSPS) is 12.9. The van der Waals surface area contributed by atoms with Crippen LogP contribution in [0.4, 0.5) is 5.69 Å². The number of methoxy groups -OCH3 is 1. The molecular weight excluding hydrogens is 450 g/mol. The highest BCUT2D eigenvalue weighted by Gasteiger charge is 2.30. The molecule has 1 fully saturated rings. The minimum Gasteiger partial charge on any atom is -0.497 e. The fraction of sp³-hybridized carbons (Fsp3) is 0.360. The number of thioether (sulfide) groups is 1. The van der Waals surface area contributed by atoms with Gasteiger partial charge in [-0.15, -0.1) is 10.2 Å². The van der Waals surface area contributed by atoms with E-state index < -0.39 is 0 Å². The SMILES string of the molecule is CCN(CC(=O)Nc1cccc(OC)c1)C(=O)CSc1nnc(C2CC2)n1Cc1ccccc1. The predicted molar refractivity (Wildman–Crippen MR) is 132 cm³/mol. The van der Waals surface area contributed by atoms with Crippen LogP contribution in [0.15, 0.2) is 59.8 Å². The quantitative estimate of drug-likeness (QED) is 0.421. The van der Waals surface area contributed by atoms with Gasteiger partial charge in [0.15, 0.2) is 5.16 Å². The van der Waals surface area contributed by atoms with E-state index in [1.165, 1.54) is 17.3 Å². The van der Waals surface area contributed by atoms with Gasteiger partial charge >= 0.3 is 0 Å². The third-order valence-electron chi connectivity index (χ3n) is 5.62. The summed E-state index contributed by atoms with van der Waals surface area (Å²) in [6.45, 7) is 2.97. The Morgan fingerprint density at radius 3 is 2.65 bits per heavy atom. The molecule has 9 heteroatoms. The van der Waals surface area contributed by atoms with Crippen LogP contribution in [0.1, 0.15) is 37.1 Å². The number of anilines is 1. The Kier molecular flexibility index (Phi) is 7.84. The number of amides is 2. The number of hydrogen-bond donors (Lipinski definition) is 1. The van der Waals surface area contributed by atoms with Crippen molar-refractivity contribution in [3.8, 4) is 5.75 Å². The Labute approximate surface area is 203 Å². The van der Waals surface area contributed by atoms with Gasteiger partial charge in [-0.3, -0.25) is 9.59 Å². The molecule has 178 valence electrons. The van der Waals surface area contributed by atoms with Gasteiger partial charge in [-0.05, 0) is 37.5 Å². The molecule has 1 heterocycles. The summed E-state index contributed by atoms with van der Waals surface area (Å²) in [4.78, 5) is 27.0. The van der Waals surface area contributed by atoms with Crippen molar-refractivity contribution >= 4 is 29.3 Å². The summed E-state index contributed by atoms with van der Waals surface area (Å²) >= 11 is 1.37. The molecule has 1 aromatic heterocycles. The maximum Gasteiger partial charge on any atom is 0.243 e. The summed E-state index contributed by atoms with van der Waals surface area (Å²) in [5.74, 6) is 1.92. The number of aromatic nitrogens is 3. The maximum absolute atomic E-state index is 12.9. The van der Waals surface area contributed by atoms with Crippen molar-refractivity contribution in [3.05, 3.63) is 66.0 Å². The molecule has 2 aromatic carbocycles. The van der Waals surface area contributed by atoms with Gasteiger partial charge in [0.25, 0.3) is 0 Å². The Morgan fingerprint density at radius 1 is 1.15 bits per heavy atom. The minimum absolute atomic E-state index is 0.0167. The highest BCUT2D eigenvalue weighted by atomic mass is 32.2. The maximum atomic E-state index is 12.9. The molecule has 0 bridgehead atoms. The molecule has 0 saturated heterocycles. The van der Waals surface area contributed by atoms with E-state index >= 15 is 0 Å². The van der Waals surface area contributed by atoms with Crippen LogP contribution >= 0.6 is 11.8 Å². The third-order valence-corrected chi connectivity index (χ3v) is 6.57. The number of carbonyl (C=O) groups excluding carboxylic acids is 2. The smallest absolute Gasteiger partial charge is 0.243 e. The monoisotopic (exact) mass is 479 g/mol. The molecule has 1 aliphatic carbocycles. The van der Waals surface area contributed by atoms with Crippen molar-refractivity contribution in [2.75, 3.05) is 31.3 Å². The van der Waals surface area contributed by atoms with E-state index in [4.69, 9.17) is 4.74 Å². The van der Waals surface area contributed by atoms with E-state index in [-0.39, 0.29) is 24.1 Å². The highest BCUT2D eigenvalue weighted by molar-refractivity contribution is 7.99. The van der Waals surface area contributed by atoms with Crippen molar-refractivity contribution in [2.24, 2.45) is 0 Å². The zero-order chi connectivity index (χ0) is 23.9. The molecule has 0 spiro atoms. The summed E-state index contributed by atoms with van der Waals surface area (Å²) in [6, 6.07) is 17.3. The lowest BCUT2D eigenvalue weighted by atomic mass is 10.2. The molecule has 0 unspecified atom stereocenters. The van der Waals surface area contributed by atoms with Crippen molar-refractivity contribution < 1.29 is 14.3 Å². The second kappa shape index (κ2) is 11.2. The number of rotatable bonds is 11. The summed E-state index contributed by atoms with van der Waals surface area (Å²) in [5, 5.41) is 12.4. The number of likely N-dealkylation sites (N-methyl/N-ethyl adjacent to an activating group) is 1. The topological polar surface area (TPSA) is 89.3 Å². The number of hydrogen-bond acceptors (Lipinski definition) is 6. The van der Waals surface area contributed by atoms with Crippen molar-refractivity contribution in [2.45, 2.75) is 37.4 Å². The molecule has 0 atom stereocenters. The van der Waals surface area contributed by atoms with E-state index in [1.54, 1.807) is 36.3 Å². The molecule has 8 nitrogen and oxygen atoms in total. The van der Waals surface area contributed by atoms with Crippen LogP contribution in [0.25, 0.3) is 0 Å². The summed E-state index contributed by atoms with van der Waals surface area (Å²) < 4.78 is 7.31. The van der Waals surface area contributed by atoms with Gasteiger partial charge < -0.3 is 19.5 Å². The largest absolute Gasteiger partial charge is 0.497 e. The number of ether oxygens (including phenoxy) is 1. The number of nitrogens with zero attached hydrogens (tertiary/aromatic N) is 4. The van der Waals surface area contributed by atoms with E-state index in [0.29, 0.717) is 30.4 Å². The fourth-order valence-corrected chi connectivity index (χ4v) is 4.48. The van der Waals surface area contributed by atoms with Crippen molar-refractivity contribution in [3.63, 3.8) is 0 Å². The molecule has 0 radical (unpaired) electrons. The first-order valence-corrected chi connectivity index (χ1v) is 12.4. The minimum atomic E-state index is -0.253. The number of nitrogens with one attached hydrogen (secondary N) is 1. The van der Waals surface area contributed by atoms with Crippen LogP contribution in [0, 0.1) is 0 Å². The average molecular weight is 480 g/mol. The summed E-state index contributed by atoms with van der Waals surface area (Å²) in [5.41, 5.74) is 1.80. The van der Waals surface area contributed by atoms with Gasteiger partial charge in [-0.2, -0.15) is 0 Å². The fourth-order valence-electron chi connectivity index (χ4n) is 3.63. The molecule has 2 amide bonds. The van der Waals surface area contributed by atoms with Crippen molar-refractivity contribution in [1.82, 2.24) is 19.7 Å². The van der Waals surface area contributed by atoms with Crippen LogP contribution in [-0.4, -0.2) is 57.4 Å². The van der Waals surface area contributed by atoms with Crippen LogP contribution in [0.5, 0.6) is 5.75 Å². The van der Waals surface area contributed by atoms with E-state index in [0.717, 1.165) is 23.8 Å². The molecule has 4 rings (SSSR count). The Morgan fingerprint density at radius 2 is 1.94 bits per heavy atom. The van der Waals surface area contributed by atoms with Gasteiger partial charge in [0.1, 0.15) is 11.6 Å². The molecular formula is C25H29N5O3S. The summed E-state index contributed by atoms with van der Waals surface area (Å²) in [6.07, 6.45) is 2.26. The molecule has 34 heavy (non-hydrogen) atoms. The van der Waals surface area contributed by atoms with Gasteiger partial charge in [0.05, 0.1) is 26.0 Å². The third kappa shape index (κ3) is 6.17. The van der Waals surface area contributed by atoms with Gasteiger partial charge in [-0.25, -0.2) is 0 Å². The Hall–Kier alpha value is -3.33. The predicted octanol–water partition coefficient (Wildman–Crippen LogP) is 3.79.